The standard InChI is InChI=1S/C21H30O6/c1-15(22)10-17(25-14-16-8-6-5-7-9-16)11-18-12-19(13-20(23)24-4)27-21(2,3)26-18/h5-9,17-19H,10-14H2,1-4H3/t17-,18+,19+/m0/s1. The Hall–Kier alpha value is -1.76. The topological polar surface area (TPSA) is 71.1 Å². The van der Waals surface area contributed by atoms with Crippen LogP contribution in [0.1, 0.15) is 52.0 Å². The first-order valence-corrected chi connectivity index (χ1v) is 9.35. The van der Waals surface area contributed by atoms with Crippen molar-refractivity contribution in [2.75, 3.05) is 7.11 Å². The molecule has 1 aromatic carbocycles. The van der Waals surface area contributed by atoms with Gasteiger partial charge >= 0.3 is 5.97 Å². The van der Waals surface area contributed by atoms with Crippen LogP contribution < -0.4 is 0 Å². The molecule has 0 amide bonds. The maximum atomic E-state index is 11.7. The molecule has 0 spiro atoms. The molecule has 1 aliphatic rings. The number of carbonyl (C=O) groups excluding carboxylic acids is 2. The summed E-state index contributed by atoms with van der Waals surface area (Å²) < 4.78 is 22.6. The van der Waals surface area contributed by atoms with E-state index in [0.29, 0.717) is 25.9 Å². The van der Waals surface area contributed by atoms with Gasteiger partial charge in [0.15, 0.2) is 5.79 Å². The minimum atomic E-state index is -0.804. The average Bonchev–Trinajstić information content (AvgIpc) is 2.58. The lowest BCUT2D eigenvalue weighted by Gasteiger charge is -2.41. The number of hydrogen-bond donors (Lipinski definition) is 0. The molecule has 0 aliphatic carbocycles. The molecular formula is C21H30O6. The average molecular weight is 378 g/mol. The third-order valence-corrected chi connectivity index (χ3v) is 4.42. The summed E-state index contributed by atoms with van der Waals surface area (Å²) in [5.74, 6) is -1.04. The molecule has 3 atom stereocenters. The van der Waals surface area contributed by atoms with Crippen molar-refractivity contribution in [2.24, 2.45) is 0 Å². The van der Waals surface area contributed by atoms with Crippen LogP contribution in [0.4, 0.5) is 0 Å². The van der Waals surface area contributed by atoms with Gasteiger partial charge in [-0.05, 0) is 26.3 Å². The van der Waals surface area contributed by atoms with E-state index in [9.17, 15) is 9.59 Å². The van der Waals surface area contributed by atoms with Gasteiger partial charge in [-0.15, -0.1) is 0 Å². The third kappa shape index (κ3) is 7.79. The number of rotatable bonds is 9. The highest BCUT2D eigenvalue weighted by Crippen LogP contribution is 2.31. The van der Waals surface area contributed by atoms with E-state index >= 15 is 0 Å². The summed E-state index contributed by atoms with van der Waals surface area (Å²) in [6.45, 7) is 5.66. The largest absolute Gasteiger partial charge is 0.469 e. The normalized spacial score (nSPS) is 22.8. The van der Waals surface area contributed by atoms with Crippen LogP contribution in [0.3, 0.4) is 0 Å². The van der Waals surface area contributed by atoms with Crippen molar-refractivity contribution in [2.45, 2.75) is 77.2 Å². The quantitative estimate of drug-likeness (QED) is 0.613. The first-order chi connectivity index (χ1) is 12.8. The Morgan fingerprint density at radius 2 is 1.85 bits per heavy atom. The van der Waals surface area contributed by atoms with Gasteiger partial charge in [0.1, 0.15) is 5.78 Å². The van der Waals surface area contributed by atoms with E-state index in [4.69, 9.17) is 18.9 Å². The second-order valence-corrected chi connectivity index (χ2v) is 7.46. The maximum absolute atomic E-state index is 11.7. The molecule has 0 aromatic heterocycles. The van der Waals surface area contributed by atoms with Gasteiger partial charge in [0, 0.05) is 19.3 Å². The van der Waals surface area contributed by atoms with E-state index in [2.05, 4.69) is 0 Å². The summed E-state index contributed by atoms with van der Waals surface area (Å²) in [4.78, 5) is 23.3. The first-order valence-electron chi connectivity index (χ1n) is 9.35. The highest BCUT2D eigenvalue weighted by Gasteiger charge is 2.37. The number of Topliss-reactive ketones (excluding diaryl/α,β-unsaturated/α-hetero) is 1. The first kappa shape index (κ1) is 21.5. The van der Waals surface area contributed by atoms with Gasteiger partial charge in [-0.25, -0.2) is 0 Å². The fraction of sp³-hybridized carbons (Fsp3) is 0.619. The van der Waals surface area contributed by atoms with E-state index in [1.54, 1.807) is 6.92 Å². The fourth-order valence-electron chi connectivity index (χ4n) is 3.37. The Morgan fingerprint density at radius 1 is 1.19 bits per heavy atom. The van der Waals surface area contributed by atoms with Crippen LogP contribution in [-0.4, -0.2) is 43.0 Å². The summed E-state index contributed by atoms with van der Waals surface area (Å²) >= 11 is 0. The van der Waals surface area contributed by atoms with Crippen LogP contribution in [0.25, 0.3) is 0 Å². The second-order valence-electron chi connectivity index (χ2n) is 7.46. The smallest absolute Gasteiger partial charge is 0.308 e. The Morgan fingerprint density at radius 3 is 2.48 bits per heavy atom. The van der Waals surface area contributed by atoms with Gasteiger partial charge in [-0.2, -0.15) is 0 Å². The molecule has 0 N–H and O–H groups in total. The number of esters is 1. The number of ketones is 1. The van der Waals surface area contributed by atoms with Gasteiger partial charge in [-0.1, -0.05) is 30.3 Å². The highest BCUT2D eigenvalue weighted by molar-refractivity contribution is 5.76. The molecule has 150 valence electrons. The predicted octanol–water partition coefficient (Wildman–Crippen LogP) is 3.41. The Bertz CT molecular complexity index is 612. The van der Waals surface area contributed by atoms with Crippen molar-refractivity contribution in [3.63, 3.8) is 0 Å². The number of benzene rings is 1. The molecule has 1 aliphatic heterocycles. The highest BCUT2D eigenvalue weighted by atomic mass is 16.7. The third-order valence-electron chi connectivity index (χ3n) is 4.42. The zero-order valence-electron chi connectivity index (χ0n) is 16.6. The molecule has 0 unspecified atom stereocenters. The molecule has 1 saturated heterocycles. The van der Waals surface area contributed by atoms with Crippen LogP contribution in [0.2, 0.25) is 0 Å². The zero-order valence-corrected chi connectivity index (χ0v) is 16.6. The minimum absolute atomic E-state index is 0.0745. The fourth-order valence-corrected chi connectivity index (χ4v) is 3.37. The van der Waals surface area contributed by atoms with Crippen LogP contribution >= 0.6 is 0 Å². The Labute approximate surface area is 161 Å². The van der Waals surface area contributed by atoms with Gasteiger partial charge in [0.2, 0.25) is 0 Å². The van der Waals surface area contributed by atoms with E-state index < -0.39 is 5.79 Å². The summed E-state index contributed by atoms with van der Waals surface area (Å²) in [6, 6.07) is 9.85. The summed E-state index contributed by atoms with van der Waals surface area (Å²) in [5, 5.41) is 0. The van der Waals surface area contributed by atoms with Crippen LogP contribution in [0.5, 0.6) is 0 Å². The van der Waals surface area contributed by atoms with Crippen LogP contribution in [0, 0.1) is 0 Å². The number of carbonyl (C=O) groups is 2. The molecular weight excluding hydrogens is 348 g/mol. The maximum Gasteiger partial charge on any atom is 0.308 e. The lowest BCUT2D eigenvalue weighted by atomic mass is 9.98. The molecule has 1 heterocycles. The zero-order chi connectivity index (χ0) is 19.9. The lowest BCUT2D eigenvalue weighted by molar-refractivity contribution is -0.303. The van der Waals surface area contributed by atoms with Gasteiger partial charge in [0.25, 0.3) is 0 Å². The number of methoxy groups -OCH3 is 1. The monoisotopic (exact) mass is 378 g/mol. The summed E-state index contributed by atoms with van der Waals surface area (Å²) in [5.41, 5.74) is 1.06. The Kier molecular flexibility index (Phi) is 7.95. The minimum Gasteiger partial charge on any atom is -0.469 e. The Balaban J connectivity index is 1.98. The van der Waals surface area contributed by atoms with E-state index in [1.165, 1.54) is 7.11 Å². The summed E-state index contributed by atoms with van der Waals surface area (Å²) in [6.07, 6.45) is 0.943. The van der Waals surface area contributed by atoms with E-state index in [1.807, 2.05) is 44.2 Å². The molecule has 2 rings (SSSR count). The van der Waals surface area contributed by atoms with Crippen molar-refractivity contribution < 1.29 is 28.5 Å². The SMILES string of the molecule is COC(=O)C[C@H]1C[C@@H](C[C@H](CC(C)=O)OCc2ccccc2)OC(C)(C)O1. The lowest BCUT2D eigenvalue weighted by Crippen LogP contribution is -2.46. The van der Waals surface area contributed by atoms with Crippen molar-refractivity contribution in [3.8, 4) is 0 Å². The molecule has 6 nitrogen and oxygen atoms in total. The van der Waals surface area contributed by atoms with Crippen molar-refractivity contribution >= 4 is 11.8 Å². The second kappa shape index (κ2) is 9.97. The molecule has 1 fully saturated rings. The van der Waals surface area contributed by atoms with Crippen molar-refractivity contribution in [1.29, 1.82) is 0 Å². The van der Waals surface area contributed by atoms with Crippen LogP contribution in [0.15, 0.2) is 30.3 Å². The molecule has 1 aromatic rings. The molecule has 27 heavy (non-hydrogen) atoms. The summed E-state index contributed by atoms with van der Waals surface area (Å²) in [7, 11) is 1.37. The molecule has 6 heteroatoms. The molecule has 0 bridgehead atoms. The number of hydrogen-bond acceptors (Lipinski definition) is 6. The molecule has 0 saturated carbocycles. The van der Waals surface area contributed by atoms with E-state index in [-0.39, 0.29) is 36.5 Å². The van der Waals surface area contributed by atoms with Crippen molar-refractivity contribution in [3.05, 3.63) is 35.9 Å². The van der Waals surface area contributed by atoms with Crippen molar-refractivity contribution in [1.82, 2.24) is 0 Å². The predicted molar refractivity (Wildman–Crippen MR) is 100 cm³/mol. The van der Waals surface area contributed by atoms with E-state index in [0.717, 1.165) is 5.56 Å². The van der Waals surface area contributed by atoms with Crippen LogP contribution in [-0.2, 0) is 35.1 Å². The molecule has 0 radical (unpaired) electrons. The van der Waals surface area contributed by atoms with Gasteiger partial charge in [-0.3, -0.25) is 9.59 Å². The van der Waals surface area contributed by atoms with Gasteiger partial charge in [0.05, 0.1) is 38.4 Å². The van der Waals surface area contributed by atoms with Gasteiger partial charge < -0.3 is 18.9 Å². The number of ether oxygens (including phenoxy) is 4.